The summed E-state index contributed by atoms with van der Waals surface area (Å²) in [6, 6.07) is 1.91. The van der Waals surface area contributed by atoms with Crippen LogP contribution in [0.1, 0.15) is 24.9 Å². The largest absolute Gasteiger partial charge is 0.370 e. The molecule has 0 saturated heterocycles. The van der Waals surface area contributed by atoms with Gasteiger partial charge in [-0.15, -0.1) is 0 Å². The van der Waals surface area contributed by atoms with Crippen molar-refractivity contribution in [3.63, 3.8) is 0 Å². The Morgan fingerprint density at radius 3 is 2.94 bits per heavy atom. The molecule has 0 aliphatic carbocycles. The van der Waals surface area contributed by atoms with Crippen molar-refractivity contribution in [2.75, 3.05) is 11.9 Å². The Morgan fingerprint density at radius 2 is 2.28 bits per heavy atom. The van der Waals surface area contributed by atoms with Gasteiger partial charge in [-0.2, -0.15) is 0 Å². The van der Waals surface area contributed by atoms with Gasteiger partial charge in [-0.05, 0) is 13.3 Å². The van der Waals surface area contributed by atoms with E-state index in [9.17, 15) is 4.79 Å². The van der Waals surface area contributed by atoms with Crippen LogP contribution in [0.4, 0.5) is 5.82 Å². The van der Waals surface area contributed by atoms with Crippen LogP contribution in [0.2, 0.25) is 0 Å². The highest BCUT2D eigenvalue weighted by Crippen LogP contribution is 2.07. The Hall–Kier alpha value is -1.69. The zero-order valence-electron chi connectivity index (χ0n) is 10.5. The van der Waals surface area contributed by atoms with Crippen molar-refractivity contribution >= 4 is 17.2 Å². The van der Waals surface area contributed by atoms with Crippen LogP contribution in [-0.4, -0.2) is 21.1 Å². The molecule has 0 spiro atoms. The number of nitrogens with zero attached hydrogens (tertiary/aromatic N) is 3. The molecule has 2 aromatic heterocycles. The zero-order chi connectivity index (χ0) is 13.0. The maximum absolute atomic E-state index is 11.5. The highest BCUT2D eigenvalue weighted by Gasteiger charge is 2.04. The van der Waals surface area contributed by atoms with E-state index >= 15 is 0 Å². The molecule has 0 aliphatic heterocycles. The van der Waals surface area contributed by atoms with Crippen molar-refractivity contribution in [1.29, 1.82) is 0 Å². The van der Waals surface area contributed by atoms with Gasteiger partial charge < -0.3 is 5.32 Å². The van der Waals surface area contributed by atoms with Crippen molar-refractivity contribution < 1.29 is 0 Å². The van der Waals surface area contributed by atoms with Crippen LogP contribution in [-0.2, 0) is 6.54 Å². The molecule has 0 aliphatic rings. The summed E-state index contributed by atoms with van der Waals surface area (Å²) in [6.45, 7) is 5.34. The average molecular weight is 264 g/mol. The van der Waals surface area contributed by atoms with Gasteiger partial charge in [-0.25, -0.2) is 9.97 Å². The van der Waals surface area contributed by atoms with E-state index in [0.29, 0.717) is 12.4 Å². The van der Waals surface area contributed by atoms with Crippen LogP contribution in [0.15, 0.2) is 22.4 Å². The molecular weight excluding hydrogens is 248 g/mol. The SMILES string of the molecule is CCCNc1cc(C)nc(Cn2ccsc2=O)n1. The quantitative estimate of drug-likeness (QED) is 0.895. The minimum atomic E-state index is 0.0168. The zero-order valence-corrected chi connectivity index (χ0v) is 11.3. The summed E-state index contributed by atoms with van der Waals surface area (Å²) in [7, 11) is 0. The number of rotatable bonds is 5. The summed E-state index contributed by atoms with van der Waals surface area (Å²) < 4.78 is 1.61. The van der Waals surface area contributed by atoms with Crippen molar-refractivity contribution in [1.82, 2.24) is 14.5 Å². The third-order valence-electron chi connectivity index (χ3n) is 2.41. The minimum Gasteiger partial charge on any atom is -0.370 e. The molecule has 2 rings (SSSR count). The Morgan fingerprint density at radius 1 is 1.44 bits per heavy atom. The predicted molar refractivity (Wildman–Crippen MR) is 73.2 cm³/mol. The van der Waals surface area contributed by atoms with Crippen LogP contribution in [0.25, 0.3) is 0 Å². The van der Waals surface area contributed by atoms with Crippen molar-refractivity contribution in [3.8, 4) is 0 Å². The van der Waals surface area contributed by atoms with Gasteiger partial charge in [0.05, 0.1) is 6.54 Å². The first-order valence-corrected chi connectivity index (χ1v) is 6.79. The van der Waals surface area contributed by atoms with Crippen LogP contribution < -0.4 is 10.2 Å². The van der Waals surface area contributed by atoms with Crippen molar-refractivity contribution in [2.45, 2.75) is 26.8 Å². The molecule has 2 heterocycles. The first-order chi connectivity index (χ1) is 8.69. The lowest BCUT2D eigenvalue weighted by molar-refractivity contribution is 0.728. The monoisotopic (exact) mass is 264 g/mol. The normalized spacial score (nSPS) is 10.6. The minimum absolute atomic E-state index is 0.0168. The Labute approximate surface area is 110 Å². The van der Waals surface area contributed by atoms with Gasteiger partial charge >= 0.3 is 4.87 Å². The molecule has 0 radical (unpaired) electrons. The third kappa shape index (κ3) is 3.16. The van der Waals surface area contributed by atoms with Crippen LogP contribution >= 0.6 is 11.3 Å². The number of hydrogen-bond acceptors (Lipinski definition) is 5. The second kappa shape index (κ2) is 5.77. The number of thiazole rings is 1. The number of aromatic nitrogens is 3. The van der Waals surface area contributed by atoms with Crippen LogP contribution in [0.3, 0.4) is 0 Å². The molecule has 18 heavy (non-hydrogen) atoms. The lowest BCUT2D eigenvalue weighted by atomic mass is 10.4. The summed E-state index contributed by atoms with van der Waals surface area (Å²) in [5.41, 5.74) is 0.905. The van der Waals surface area contributed by atoms with E-state index < -0.39 is 0 Å². The first-order valence-electron chi connectivity index (χ1n) is 5.91. The standard InChI is InChI=1S/C12H16N4OS/c1-3-4-13-10-7-9(2)14-11(15-10)8-16-5-6-18-12(16)17/h5-7H,3-4,8H2,1-2H3,(H,13,14,15). The second-order valence-electron chi connectivity index (χ2n) is 4.03. The molecule has 0 unspecified atom stereocenters. The predicted octanol–water partition coefficient (Wildman–Crippen LogP) is 1.88. The molecule has 0 amide bonds. The van der Waals surface area contributed by atoms with Crippen LogP contribution in [0, 0.1) is 6.92 Å². The van der Waals surface area contributed by atoms with Crippen molar-refractivity contribution in [3.05, 3.63) is 38.8 Å². The molecule has 1 N–H and O–H groups in total. The van der Waals surface area contributed by atoms with Gasteiger partial charge in [-0.3, -0.25) is 9.36 Å². The number of nitrogens with one attached hydrogen (secondary N) is 1. The van der Waals surface area contributed by atoms with Gasteiger partial charge in [0.25, 0.3) is 0 Å². The fraction of sp³-hybridized carbons (Fsp3) is 0.417. The maximum Gasteiger partial charge on any atom is 0.307 e. The van der Waals surface area contributed by atoms with E-state index in [1.54, 1.807) is 16.1 Å². The van der Waals surface area contributed by atoms with Crippen LogP contribution in [0.5, 0.6) is 0 Å². The molecule has 96 valence electrons. The highest BCUT2D eigenvalue weighted by molar-refractivity contribution is 7.07. The molecule has 0 fully saturated rings. The molecule has 2 aromatic rings. The molecule has 0 bridgehead atoms. The Bertz CT molecular complexity index is 575. The highest BCUT2D eigenvalue weighted by atomic mass is 32.1. The number of aryl methyl sites for hydroxylation is 1. The maximum atomic E-state index is 11.5. The fourth-order valence-electron chi connectivity index (χ4n) is 1.60. The van der Waals surface area contributed by atoms with Gasteiger partial charge in [0.2, 0.25) is 0 Å². The molecule has 6 heteroatoms. The average Bonchev–Trinajstić information content (AvgIpc) is 2.72. The van der Waals surface area contributed by atoms with E-state index in [1.165, 1.54) is 11.3 Å². The topological polar surface area (TPSA) is 59.8 Å². The molecular formula is C12H16N4OS. The fourth-order valence-corrected chi connectivity index (χ4v) is 2.19. The van der Waals surface area contributed by atoms with Gasteiger partial charge in [0.15, 0.2) is 5.82 Å². The number of anilines is 1. The van der Waals surface area contributed by atoms with E-state index in [-0.39, 0.29) is 4.87 Å². The van der Waals surface area contributed by atoms with Gasteiger partial charge in [-0.1, -0.05) is 18.3 Å². The van der Waals surface area contributed by atoms with Gasteiger partial charge in [0.1, 0.15) is 5.82 Å². The van der Waals surface area contributed by atoms with E-state index in [2.05, 4.69) is 22.2 Å². The van der Waals surface area contributed by atoms with Gasteiger partial charge in [0, 0.05) is 29.9 Å². The summed E-state index contributed by atoms with van der Waals surface area (Å²) in [4.78, 5) is 20.3. The van der Waals surface area contributed by atoms with E-state index in [4.69, 9.17) is 0 Å². The molecule has 0 aromatic carbocycles. The smallest absolute Gasteiger partial charge is 0.307 e. The summed E-state index contributed by atoms with van der Waals surface area (Å²) >= 11 is 1.18. The van der Waals surface area contributed by atoms with E-state index in [1.807, 2.05) is 13.0 Å². The molecule has 0 saturated carbocycles. The molecule has 5 nitrogen and oxygen atoms in total. The molecule has 0 atom stereocenters. The summed E-state index contributed by atoms with van der Waals surface area (Å²) in [6.07, 6.45) is 2.81. The lowest BCUT2D eigenvalue weighted by Crippen LogP contribution is -2.15. The second-order valence-corrected chi connectivity index (χ2v) is 4.89. The first kappa shape index (κ1) is 12.8. The lowest BCUT2D eigenvalue weighted by Gasteiger charge is -2.07. The number of hydrogen-bond donors (Lipinski definition) is 1. The third-order valence-corrected chi connectivity index (χ3v) is 3.11. The summed E-state index contributed by atoms with van der Waals surface area (Å²) in [5, 5.41) is 5.01. The summed E-state index contributed by atoms with van der Waals surface area (Å²) in [5.74, 6) is 1.48. The Kier molecular flexibility index (Phi) is 4.09. The Balaban J connectivity index is 2.20. The van der Waals surface area contributed by atoms with Crippen molar-refractivity contribution in [2.24, 2.45) is 0 Å². The van der Waals surface area contributed by atoms with E-state index in [0.717, 1.165) is 24.5 Å².